The predicted molar refractivity (Wildman–Crippen MR) is 116 cm³/mol. The molecule has 29 heavy (non-hydrogen) atoms. The van der Waals surface area contributed by atoms with Crippen LogP contribution < -0.4 is 15.5 Å². The molecule has 0 bridgehead atoms. The fourth-order valence-corrected chi connectivity index (χ4v) is 3.53. The molecule has 1 fully saturated rings. The van der Waals surface area contributed by atoms with Gasteiger partial charge >= 0.3 is 0 Å². The van der Waals surface area contributed by atoms with E-state index in [1.807, 2.05) is 24.3 Å². The van der Waals surface area contributed by atoms with Crippen LogP contribution in [-0.4, -0.2) is 24.1 Å². The largest absolute Gasteiger partial charge is 0.451 e. The van der Waals surface area contributed by atoms with Crippen LogP contribution in [-0.2, 0) is 0 Å². The highest BCUT2D eigenvalue weighted by atomic mass is 32.1. The quantitative estimate of drug-likeness (QED) is 0.606. The minimum atomic E-state index is -0.501. The average molecular weight is 409 g/mol. The molecule has 0 atom stereocenters. The van der Waals surface area contributed by atoms with E-state index in [1.54, 1.807) is 24.3 Å². The van der Waals surface area contributed by atoms with Crippen molar-refractivity contribution >= 4 is 34.6 Å². The van der Waals surface area contributed by atoms with Crippen LogP contribution in [0.3, 0.4) is 0 Å². The van der Waals surface area contributed by atoms with Crippen molar-refractivity contribution in [1.29, 1.82) is 0 Å². The summed E-state index contributed by atoms with van der Waals surface area (Å²) in [5.74, 6) is -0.580. The molecule has 2 N–H and O–H groups in total. The Morgan fingerprint density at radius 3 is 2.45 bits per heavy atom. The molecule has 1 aliphatic heterocycles. The summed E-state index contributed by atoms with van der Waals surface area (Å²) < 4.78 is 19.4. The lowest BCUT2D eigenvalue weighted by Gasteiger charge is -2.18. The number of carbonyl (C=O) groups is 1. The zero-order valence-corrected chi connectivity index (χ0v) is 16.5. The monoisotopic (exact) mass is 409 g/mol. The van der Waals surface area contributed by atoms with E-state index < -0.39 is 11.7 Å². The number of carbonyl (C=O) groups excluding carboxylic acids is 1. The van der Waals surface area contributed by atoms with E-state index in [4.69, 9.17) is 16.6 Å². The SMILES string of the molecule is O=C(NC(=S)Nc1ccc(N2CCCC2)cc1)c1ccc(-c2ccccc2F)o1. The topological polar surface area (TPSA) is 57.5 Å². The summed E-state index contributed by atoms with van der Waals surface area (Å²) in [6.07, 6.45) is 2.45. The average Bonchev–Trinajstić information content (AvgIpc) is 3.41. The van der Waals surface area contributed by atoms with Gasteiger partial charge in [0.1, 0.15) is 11.6 Å². The van der Waals surface area contributed by atoms with Gasteiger partial charge in [0.15, 0.2) is 10.9 Å². The lowest BCUT2D eigenvalue weighted by Crippen LogP contribution is -2.33. The molecule has 2 aromatic carbocycles. The smallest absolute Gasteiger partial charge is 0.293 e. The van der Waals surface area contributed by atoms with Crippen LogP contribution in [0.25, 0.3) is 11.3 Å². The molecule has 1 saturated heterocycles. The molecule has 7 heteroatoms. The van der Waals surface area contributed by atoms with Crippen molar-refractivity contribution in [3.8, 4) is 11.3 Å². The van der Waals surface area contributed by atoms with Crippen LogP contribution in [0.2, 0.25) is 0 Å². The summed E-state index contributed by atoms with van der Waals surface area (Å²) >= 11 is 5.22. The van der Waals surface area contributed by atoms with Crippen LogP contribution in [0.4, 0.5) is 15.8 Å². The number of halogens is 1. The number of hydrogen-bond donors (Lipinski definition) is 2. The highest BCUT2D eigenvalue weighted by Gasteiger charge is 2.16. The molecule has 2 heterocycles. The second kappa shape index (κ2) is 8.45. The van der Waals surface area contributed by atoms with Crippen LogP contribution in [0, 0.1) is 5.82 Å². The molecule has 0 aliphatic carbocycles. The maximum atomic E-state index is 13.9. The minimum absolute atomic E-state index is 0.0526. The first-order chi connectivity index (χ1) is 14.1. The minimum Gasteiger partial charge on any atom is -0.451 e. The van der Waals surface area contributed by atoms with Gasteiger partial charge in [0.2, 0.25) is 0 Å². The number of anilines is 2. The second-order valence-electron chi connectivity index (χ2n) is 6.79. The fraction of sp³-hybridized carbons (Fsp3) is 0.182. The summed E-state index contributed by atoms with van der Waals surface area (Å²) in [6.45, 7) is 2.17. The van der Waals surface area contributed by atoms with Gasteiger partial charge in [-0.25, -0.2) is 4.39 Å². The summed E-state index contributed by atoms with van der Waals surface area (Å²) in [4.78, 5) is 14.7. The molecule has 0 radical (unpaired) electrons. The van der Waals surface area contributed by atoms with E-state index >= 15 is 0 Å². The molecule has 1 aromatic heterocycles. The number of hydrogen-bond acceptors (Lipinski definition) is 4. The summed E-state index contributed by atoms with van der Waals surface area (Å²) in [7, 11) is 0. The number of nitrogens with zero attached hydrogens (tertiary/aromatic N) is 1. The van der Waals surface area contributed by atoms with Crippen molar-refractivity contribution < 1.29 is 13.6 Å². The predicted octanol–water partition coefficient (Wildman–Crippen LogP) is 4.81. The van der Waals surface area contributed by atoms with E-state index in [0.717, 1.165) is 18.8 Å². The third-order valence-corrected chi connectivity index (χ3v) is 5.00. The Balaban J connectivity index is 1.36. The van der Waals surface area contributed by atoms with Gasteiger partial charge in [0, 0.05) is 24.5 Å². The van der Waals surface area contributed by atoms with Crippen molar-refractivity contribution in [2.45, 2.75) is 12.8 Å². The normalized spacial score (nSPS) is 13.3. The molecule has 0 spiro atoms. The Morgan fingerprint density at radius 1 is 1.00 bits per heavy atom. The van der Waals surface area contributed by atoms with Crippen LogP contribution in [0.15, 0.2) is 65.1 Å². The number of amides is 1. The van der Waals surface area contributed by atoms with E-state index in [9.17, 15) is 9.18 Å². The molecular formula is C22H20FN3O2S. The highest BCUT2D eigenvalue weighted by molar-refractivity contribution is 7.80. The maximum absolute atomic E-state index is 13.9. The third kappa shape index (κ3) is 4.46. The number of nitrogens with one attached hydrogen (secondary N) is 2. The van der Waals surface area contributed by atoms with Crippen molar-refractivity contribution in [3.05, 3.63) is 72.2 Å². The van der Waals surface area contributed by atoms with E-state index in [0.29, 0.717) is 5.56 Å². The Hall–Kier alpha value is -3.19. The van der Waals surface area contributed by atoms with Gasteiger partial charge in [0.05, 0.1) is 5.56 Å². The van der Waals surface area contributed by atoms with E-state index in [-0.39, 0.29) is 16.6 Å². The first-order valence-electron chi connectivity index (χ1n) is 9.42. The molecule has 1 aliphatic rings. The highest BCUT2D eigenvalue weighted by Crippen LogP contribution is 2.25. The van der Waals surface area contributed by atoms with Crippen LogP contribution >= 0.6 is 12.2 Å². The van der Waals surface area contributed by atoms with E-state index in [1.165, 1.54) is 30.7 Å². The zero-order chi connectivity index (χ0) is 20.2. The summed E-state index contributed by atoms with van der Waals surface area (Å²) in [5, 5.41) is 5.72. The molecule has 1 amide bonds. The Kier molecular flexibility index (Phi) is 5.57. The van der Waals surface area contributed by atoms with Gasteiger partial charge in [-0.1, -0.05) is 12.1 Å². The fourth-order valence-electron chi connectivity index (χ4n) is 3.32. The lowest BCUT2D eigenvalue weighted by molar-refractivity contribution is 0.0951. The van der Waals surface area contributed by atoms with Crippen molar-refractivity contribution in [1.82, 2.24) is 5.32 Å². The molecule has 4 rings (SSSR count). The molecular weight excluding hydrogens is 389 g/mol. The molecule has 148 valence electrons. The molecule has 0 saturated carbocycles. The molecule has 5 nitrogen and oxygen atoms in total. The third-order valence-electron chi connectivity index (χ3n) is 4.79. The Morgan fingerprint density at radius 2 is 1.72 bits per heavy atom. The Labute approximate surface area is 173 Å². The van der Waals surface area contributed by atoms with Gasteiger partial charge in [-0.3, -0.25) is 10.1 Å². The lowest BCUT2D eigenvalue weighted by atomic mass is 10.1. The standard InChI is InChI=1S/C22H20FN3O2S/c23-18-6-2-1-5-17(18)19-11-12-20(28-19)21(27)25-22(29)24-15-7-9-16(10-8-15)26-13-3-4-14-26/h1-2,5-12H,3-4,13-14H2,(H2,24,25,27,29). The zero-order valence-electron chi connectivity index (χ0n) is 15.7. The van der Waals surface area contributed by atoms with Crippen molar-refractivity contribution in [2.75, 3.05) is 23.3 Å². The maximum Gasteiger partial charge on any atom is 0.293 e. The first kappa shape index (κ1) is 19.1. The van der Waals surface area contributed by atoms with Crippen LogP contribution in [0.1, 0.15) is 23.4 Å². The summed E-state index contributed by atoms with van der Waals surface area (Å²) in [5.41, 5.74) is 2.26. The number of rotatable bonds is 4. The molecule has 0 unspecified atom stereocenters. The second-order valence-corrected chi connectivity index (χ2v) is 7.20. The number of benzene rings is 2. The van der Waals surface area contributed by atoms with Gasteiger partial charge < -0.3 is 14.6 Å². The van der Waals surface area contributed by atoms with Gasteiger partial charge in [-0.2, -0.15) is 0 Å². The van der Waals surface area contributed by atoms with Crippen molar-refractivity contribution in [2.24, 2.45) is 0 Å². The summed E-state index contributed by atoms with van der Waals surface area (Å²) in [6, 6.07) is 17.2. The van der Waals surface area contributed by atoms with Gasteiger partial charge in [-0.15, -0.1) is 0 Å². The van der Waals surface area contributed by atoms with Gasteiger partial charge in [-0.05, 0) is 73.6 Å². The van der Waals surface area contributed by atoms with Crippen LogP contribution in [0.5, 0.6) is 0 Å². The Bertz CT molecular complexity index is 1030. The van der Waals surface area contributed by atoms with E-state index in [2.05, 4.69) is 15.5 Å². The molecule has 3 aromatic rings. The first-order valence-corrected chi connectivity index (χ1v) is 9.83. The van der Waals surface area contributed by atoms with Gasteiger partial charge in [0.25, 0.3) is 5.91 Å². The number of thiocarbonyl (C=S) groups is 1. The van der Waals surface area contributed by atoms with Crippen molar-refractivity contribution in [3.63, 3.8) is 0 Å². The number of furan rings is 1.